The average Bonchev–Trinajstić information content (AvgIpc) is 2.82. The van der Waals surface area contributed by atoms with Crippen molar-refractivity contribution in [1.82, 2.24) is 14.3 Å². The summed E-state index contributed by atoms with van der Waals surface area (Å²) in [6.45, 7) is 6.66. The second-order valence-electron chi connectivity index (χ2n) is 6.05. The van der Waals surface area contributed by atoms with E-state index in [0.717, 1.165) is 11.3 Å². The normalized spacial score (nSPS) is 11.1. The molecule has 0 unspecified atom stereocenters. The molecule has 4 heteroatoms. The average molecular weight is 307 g/mol. The number of hydrogen-bond acceptors (Lipinski definition) is 2. The van der Waals surface area contributed by atoms with Crippen LogP contribution in [0.5, 0.6) is 0 Å². The maximum absolute atomic E-state index is 12.7. The Balaban J connectivity index is 1.96. The van der Waals surface area contributed by atoms with Crippen molar-refractivity contribution in [3.63, 3.8) is 0 Å². The minimum Gasteiger partial charge on any atom is -0.247 e. The molecule has 3 aromatic rings. The molecule has 23 heavy (non-hydrogen) atoms. The molecule has 0 fully saturated rings. The van der Waals surface area contributed by atoms with E-state index in [4.69, 9.17) is 0 Å². The smallest absolute Gasteiger partial charge is 0.247 e. The van der Waals surface area contributed by atoms with E-state index in [9.17, 15) is 4.79 Å². The zero-order chi connectivity index (χ0) is 16.4. The summed E-state index contributed by atoms with van der Waals surface area (Å²) in [6, 6.07) is 18.0. The van der Waals surface area contributed by atoms with E-state index >= 15 is 0 Å². The van der Waals surface area contributed by atoms with Crippen molar-refractivity contribution >= 4 is 0 Å². The lowest BCUT2D eigenvalue weighted by Gasteiger charge is -2.07. The van der Waals surface area contributed by atoms with Crippen LogP contribution in [0.2, 0.25) is 0 Å². The Morgan fingerprint density at radius 2 is 1.65 bits per heavy atom. The van der Waals surface area contributed by atoms with Crippen molar-refractivity contribution in [2.45, 2.75) is 33.2 Å². The Morgan fingerprint density at radius 1 is 1.00 bits per heavy atom. The first kappa shape index (κ1) is 15.3. The summed E-state index contributed by atoms with van der Waals surface area (Å²) in [5, 5.41) is 4.41. The van der Waals surface area contributed by atoms with Crippen molar-refractivity contribution in [3.05, 3.63) is 82.0 Å². The van der Waals surface area contributed by atoms with E-state index < -0.39 is 0 Å². The monoisotopic (exact) mass is 307 g/mol. The standard InChI is InChI=1S/C19H21N3O/c1-14(2)17-9-11-18(12-10-17)22-15(3)20-21(19(22)23)13-16-7-5-4-6-8-16/h4-12,14H,13H2,1-3H3. The summed E-state index contributed by atoms with van der Waals surface area (Å²) >= 11 is 0. The number of nitrogens with zero attached hydrogens (tertiary/aromatic N) is 3. The zero-order valence-electron chi connectivity index (χ0n) is 13.7. The highest BCUT2D eigenvalue weighted by Crippen LogP contribution is 2.16. The number of benzene rings is 2. The third kappa shape index (κ3) is 3.11. The first-order valence-corrected chi connectivity index (χ1v) is 7.87. The second-order valence-corrected chi connectivity index (χ2v) is 6.05. The number of rotatable bonds is 4. The summed E-state index contributed by atoms with van der Waals surface area (Å²) < 4.78 is 3.17. The van der Waals surface area contributed by atoms with E-state index in [1.165, 1.54) is 10.2 Å². The van der Waals surface area contributed by atoms with Gasteiger partial charge in [-0.05, 0) is 36.1 Å². The molecule has 0 spiro atoms. The van der Waals surface area contributed by atoms with Gasteiger partial charge in [0, 0.05) is 0 Å². The third-order valence-electron chi connectivity index (χ3n) is 3.99. The van der Waals surface area contributed by atoms with E-state index in [2.05, 4.69) is 31.1 Å². The van der Waals surface area contributed by atoms with Gasteiger partial charge in [0.2, 0.25) is 0 Å². The van der Waals surface area contributed by atoms with Crippen LogP contribution in [-0.4, -0.2) is 14.3 Å². The quantitative estimate of drug-likeness (QED) is 0.740. The molecule has 0 amide bonds. The molecule has 0 aliphatic heterocycles. The van der Waals surface area contributed by atoms with E-state index in [0.29, 0.717) is 18.3 Å². The Labute approximate surface area is 136 Å². The Kier molecular flexibility index (Phi) is 4.15. The van der Waals surface area contributed by atoms with Crippen LogP contribution in [-0.2, 0) is 6.54 Å². The van der Waals surface area contributed by atoms with Crippen molar-refractivity contribution in [3.8, 4) is 5.69 Å². The van der Waals surface area contributed by atoms with Crippen molar-refractivity contribution < 1.29 is 0 Å². The first-order chi connectivity index (χ1) is 11.1. The Bertz CT molecular complexity index is 843. The molecule has 0 bridgehead atoms. The summed E-state index contributed by atoms with van der Waals surface area (Å²) in [5.41, 5.74) is 3.07. The van der Waals surface area contributed by atoms with Crippen LogP contribution in [0.15, 0.2) is 59.4 Å². The molecule has 0 atom stereocenters. The molecule has 0 radical (unpaired) electrons. The topological polar surface area (TPSA) is 39.8 Å². The van der Waals surface area contributed by atoms with Gasteiger partial charge in [-0.25, -0.2) is 14.0 Å². The van der Waals surface area contributed by atoms with Crippen molar-refractivity contribution in [2.24, 2.45) is 0 Å². The van der Waals surface area contributed by atoms with Gasteiger partial charge in [-0.2, -0.15) is 5.10 Å². The van der Waals surface area contributed by atoms with Gasteiger partial charge in [-0.1, -0.05) is 56.3 Å². The molecular formula is C19H21N3O. The maximum atomic E-state index is 12.7. The molecule has 2 aromatic carbocycles. The van der Waals surface area contributed by atoms with Gasteiger partial charge in [-0.15, -0.1) is 0 Å². The van der Waals surface area contributed by atoms with Crippen molar-refractivity contribution in [1.29, 1.82) is 0 Å². The van der Waals surface area contributed by atoms with E-state index in [-0.39, 0.29) is 5.69 Å². The fourth-order valence-electron chi connectivity index (χ4n) is 2.68. The fraction of sp³-hybridized carbons (Fsp3) is 0.263. The van der Waals surface area contributed by atoms with Crippen LogP contribution in [0.3, 0.4) is 0 Å². The predicted molar refractivity (Wildman–Crippen MR) is 92.2 cm³/mol. The molecule has 0 saturated heterocycles. The molecular weight excluding hydrogens is 286 g/mol. The van der Waals surface area contributed by atoms with Gasteiger partial charge in [-0.3, -0.25) is 0 Å². The van der Waals surface area contributed by atoms with Crippen LogP contribution in [0.25, 0.3) is 5.69 Å². The van der Waals surface area contributed by atoms with E-state index in [1.807, 2.05) is 49.4 Å². The van der Waals surface area contributed by atoms with Crippen LogP contribution in [0, 0.1) is 6.92 Å². The van der Waals surface area contributed by atoms with Crippen LogP contribution >= 0.6 is 0 Å². The highest BCUT2D eigenvalue weighted by Gasteiger charge is 2.12. The zero-order valence-corrected chi connectivity index (χ0v) is 13.7. The molecule has 118 valence electrons. The van der Waals surface area contributed by atoms with Crippen LogP contribution in [0.4, 0.5) is 0 Å². The number of aromatic nitrogens is 3. The minimum absolute atomic E-state index is 0.108. The van der Waals surface area contributed by atoms with Gasteiger partial charge < -0.3 is 0 Å². The summed E-state index contributed by atoms with van der Waals surface area (Å²) in [7, 11) is 0. The summed E-state index contributed by atoms with van der Waals surface area (Å²) in [4.78, 5) is 12.7. The van der Waals surface area contributed by atoms with Gasteiger partial charge in [0.1, 0.15) is 5.82 Å². The van der Waals surface area contributed by atoms with Gasteiger partial charge in [0.25, 0.3) is 0 Å². The van der Waals surface area contributed by atoms with Crippen LogP contribution < -0.4 is 5.69 Å². The Hall–Kier alpha value is -2.62. The van der Waals surface area contributed by atoms with E-state index in [1.54, 1.807) is 4.57 Å². The lowest BCUT2D eigenvalue weighted by atomic mass is 10.0. The SMILES string of the molecule is Cc1nn(Cc2ccccc2)c(=O)n1-c1ccc(C(C)C)cc1. The van der Waals surface area contributed by atoms with Crippen molar-refractivity contribution in [2.75, 3.05) is 0 Å². The lowest BCUT2D eigenvalue weighted by Crippen LogP contribution is -2.24. The molecule has 1 aromatic heterocycles. The molecule has 0 N–H and O–H groups in total. The summed E-state index contributed by atoms with van der Waals surface area (Å²) in [5.74, 6) is 1.17. The Morgan fingerprint density at radius 3 is 2.26 bits per heavy atom. The predicted octanol–water partition coefficient (Wildman–Crippen LogP) is 3.51. The highest BCUT2D eigenvalue weighted by molar-refractivity contribution is 5.36. The summed E-state index contributed by atoms with van der Waals surface area (Å²) in [6.07, 6.45) is 0. The van der Waals surface area contributed by atoms with Gasteiger partial charge >= 0.3 is 5.69 Å². The van der Waals surface area contributed by atoms with Gasteiger partial charge in [0.15, 0.2) is 0 Å². The number of hydrogen-bond donors (Lipinski definition) is 0. The molecule has 0 aliphatic rings. The number of aryl methyl sites for hydroxylation is 1. The van der Waals surface area contributed by atoms with Gasteiger partial charge in [0.05, 0.1) is 12.2 Å². The lowest BCUT2D eigenvalue weighted by molar-refractivity contribution is 0.651. The molecule has 1 heterocycles. The minimum atomic E-state index is -0.108. The third-order valence-corrected chi connectivity index (χ3v) is 3.99. The maximum Gasteiger partial charge on any atom is 0.350 e. The largest absolute Gasteiger partial charge is 0.350 e. The first-order valence-electron chi connectivity index (χ1n) is 7.87. The van der Waals surface area contributed by atoms with Crippen LogP contribution in [0.1, 0.15) is 36.7 Å². The molecule has 3 rings (SSSR count). The molecule has 4 nitrogen and oxygen atoms in total. The molecule has 0 saturated carbocycles. The molecule has 0 aliphatic carbocycles. The highest BCUT2D eigenvalue weighted by atomic mass is 16.2. The second kappa shape index (κ2) is 6.24. The fourth-order valence-corrected chi connectivity index (χ4v) is 2.68.